The molecule has 1 nitrogen and oxygen atoms in total. The second-order valence-electron chi connectivity index (χ2n) is 9.59. The van der Waals surface area contributed by atoms with Crippen molar-refractivity contribution in [3.63, 3.8) is 0 Å². The topological polar surface area (TPSA) is 23.8 Å². The van der Waals surface area contributed by atoms with E-state index >= 15 is 0 Å². The number of hydrogen-bond acceptors (Lipinski definition) is 1. The van der Waals surface area contributed by atoms with Crippen LogP contribution in [0.25, 0.3) is 0 Å². The van der Waals surface area contributed by atoms with E-state index in [0.29, 0.717) is 5.92 Å². The minimum atomic E-state index is -0.858. The number of nitrogens with zero attached hydrogens (tertiary/aromatic N) is 1. The monoisotopic (exact) mass is 423 g/mol. The summed E-state index contributed by atoms with van der Waals surface area (Å²) in [6, 6.07) is 3.76. The number of rotatable bonds is 6. The Hall–Kier alpha value is -2.13. The van der Waals surface area contributed by atoms with Gasteiger partial charge >= 0.3 is 0 Å². The summed E-state index contributed by atoms with van der Waals surface area (Å²) >= 11 is 0. The van der Waals surface area contributed by atoms with Gasteiger partial charge in [0.1, 0.15) is 23.3 Å². The predicted octanol–water partition coefficient (Wildman–Crippen LogP) is 7.94. The van der Waals surface area contributed by atoms with Gasteiger partial charge in [-0.05, 0) is 67.6 Å². The van der Waals surface area contributed by atoms with Gasteiger partial charge < -0.3 is 0 Å². The van der Waals surface area contributed by atoms with Crippen molar-refractivity contribution in [2.45, 2.75) is 84.0 Å². The van der Waals surface area contributed by atoms with Gasteiger partial charge in [0.25, 0.3) is 0 Å². The summed E-state index contributed by atoms with van der Waals surface area (Å²) in [6.07, 6.45) is 20.4. The summed E-state index contributed by atoms with van der Waals surface area (Å²) < 4.78 is 27.3. The first-order valence-corrected chi connectivity index (χ1v) is 12.2. The summed E-state index contributed by atoms with van der Waals surface area (Å²) in [6.45, 7) is 2.31. The molecule has 2 aliphatic carbocycles. The predicted molar refractivity (Wildman–Crippen MR) is 122 cm³/mol. The van der Waals surface area contributed by atoms with Gasteiger partial charge in [0.15, 0.2) is 0 Å². The van der Waals surface area contributed by atoms with Gasteiger partial charge in [-0.3, -0.25) is 0 Å². The fourth-order valence-corrected chi connectivity index (χ4v) is 5.42. The van der Waals surface area contributed by atoms with Gasteiger partial charge in [-0.1, -0.05) is 76.2 Å². The molecule has 1 aromatic carbocycles. The molecule has 31 heavy (non-hydrogen) atoms. The van der Waals surface area contributed by atoms with Crippen LogP contribution < -0.4 is 0 Å². The van der Waals surface area contributed by atoms with Crippen LogP contribution in [-0.2, 0) is 0 Å². The average Bonchev–Trinajstić information content (AvgIpc) is 2.77. The van der Waals surface area contributed by atoms with Gasteiger partial charge in [-0.25, -0.2) is 8.78 Å². The molecule has 2 aliphatic rings. The van der Waals surface area contributed by atoms with Crippen LogP contribution in [0.3, 0.4) is 0 Å². The largest absolute Gasteiger partial charge is 0.205 e. The average molecular weight is 424 g/mol. The Balaban J connectivity index is 1.37. The van der Waals surface area contributed by atoms with Crippen molar-refractivity contribution in [1.29, 1.82) is 5.26 Å². The molecular weight excluding hydrogens is 388 g/mol. The number of benzene rings is 1. The molecule has 3 heteroatoms. The second kappa shape index (κ2) is 12.0. The molecule has 0 aliphatic heterocycles. The summed E-state index contributed by atoms with van der Waals surface area (Å²) in [5.41, 5.74) is -0.298. The summed E-state index contributed by atoms with van der Waals surface area (Å²) in [7, 11) is 0. The molecule has 1 aromatic rings. The molecule has 3 rings (SSSR count). The maximum atomic E-state index is 13.6. The van der Waals surface area contributed by atoms with Gasteiger partial charge in [0, 0.05) is 5.56 Å². The van der Waals surface area contributed by atoms with Gasteiger partial charge in [0.05, 0.1) is 0 Å². The molecular formula is C28H35F2N. The Bertz CT molecular complexity index is 815. The van der Waals surface area contributed by atoms with Crippen LogP contribution >= 0.6 is 0 Å². The standard InChI is InChI=1S/C28H35F2N/c1-2-5-21-8-12-23(13-9-21)16-17-24-14-10-22(11-15-24)6-3-4-7-25-18-27(29)26(20-31)28(30)19-25/h3,6,18-19,21-24H,2,5,8-17H2,1H3. The highest BCUT2D eigenvalue weighted by molar-refractivity contribution is 5.43. The zero-order valence-electron chi connectivity index (χ0n) is 18.8. The lowest BCUT2D eigenvalue weighted by molar-refractivity contribution is 0.221. The number of hydrogen-bond donors (Lipinski definition) is 0. The molecule has 0 aromatic heterocycles. The van der Waals surface area contributed by atoms with Crippen LogP contribution in [0.4, 0.5) is 8.78 Å². The van der Waals surface area contributed by atoms with E-state index in [9.17, 15) is 8.78 Å². The third kappa shape index (κ3) is 7.21. The molecule has 0 atom stereocenters. The van der Waals surface area contributed by atoms with Crippen molar-refractivity contribution in [2.24, 2.45) is 23.7 Å². The molecule has 2 saturated carbocycles. The van der Waals surface area contributed by atoms with Crippen LogP contribution in [0.5, 0.6) is 0 Å². The Morgan fingerprint density at radius 1 is 0.871 bits per heavy atom. The fourth-order valence-electron chi connectivity index (χ4n) is 5.42. The minimum absolute atomic E-state index is 0.256. The van der Waals surface area contributed by atoms with Crippen LogP contribution in [0.2, 0.25) is 0 Å². The molecule has 0 bridgehead atoms. The Kier molecular flexibility index (Phi) is 9.14. The van der Waals surface area contributed by atoms with Crippen LogP contribution in [-0.4, -0.2) is 0 Å². The van der Waals surface area contributed by atoms with Crippen LogP contribution in [0.15, 0.2) is 24.3 Å². The first-order chi connectivity index (χ1) is 15.1. The molecule has 0 saturated heterocycles. The van der Waals surface area contributed by atoms with Crippen LogP contribution in [0.1, 0.15) is 95.1 Å². The van der Waals surface area contributed by atoms with Crippen molar-refractivity contribution >= 4 is 0 Å². The first kappa shape index (κ1) is 23.5. The lowest BCUT2D eigenvalue weighted by Crippen LogP contribution is -2.17. The van der Waals surface area contributed by atoms with Crippen molar-refractivity contribution in [1.82, 2.24) is 0 Å². The van der Waals surface area contributed by atoms with E-state index in [1.807, 2.05) is 6.08 Å². The normalized spacial score (nSPS) is 26.3. The molecule has 0 spiro atoms. The SMILES string of the molecule is CCCC1CCC(CCC2CCC(C=CC#Cc3cc(F)c(C#N)c(F)c3)CC2)CC1. The zero-order chi connectivity index (χ0) is 22.1. The third-order valence-electron chi connectivity index (χ3n) is 7.36. The highest BCUT2D eigenvalue weighted by Gasteiger charge is 2.23. The highest BCUT2D eigenvalue weighted by Crippen LogP contribution is 2.37. The van der Waals surface area contributed by atoms with Gasteiger partial charge in [0.2, 0.25) is 0 Å². The fraction of sp³-hybridized carbons (Fsp3) is 0.607. The molecule has 166 valence electrons. The number of nitriles is 1. The first-order valence-electron chi connectivity index (χ1n) is 12.2. The second-order valence-corrected chi connectivity index (χ2v) is 9.59. The maximum Gasteiger partial charge on any atom is 0.145 e. The number of halogens is 2. The lowest BCUT2D eigenvalue weighted by Gasteiger charge is -2.31. The molecule has 0 amide bonds. The molecule has 2 fully saturated rings. The summed E-state index contributed by atoms with van der Waals surface area (Å²) in [5, 5.41) is 8.72. The van der Waals surface area contributed by atoms with Crippen molar-refractivity contribution < 1.29 is 8.78 Å². The van der Waals surface area contributed by atoms with Gasteiger partial charge in [-0.2, -0.15) is 5.26 Å². The van der Waals surface area contributed by atoms with E-state index in [1.165, 1.54) is 83.1 Å². The van der Waals surface area contributed by atoms with Crippen LogP contribution in [0, 0.1) is 58.5 Å². The van der Waals surface area contributed by atoms with E-state index in [-0.39, 0.29) is 5.56 Å². The van der Waals surface area contributed by atoms with E-state index in [4.69, 9.17) is 5.26 Å². The molecule has 0 unspecified atom stereocenters. The Morgan fingerprint density at radius 2 is 1.39 bits per heavy atom. The zero-order valence-corrected chi connectivity index (χ0v) is 18.8. The van der Waals surface area contributed by atoms with Crippen molar-refractivity contribution in [3.8, 4) is 17.9 Å². The highest BCUT2D eigenvalue weighted by atomic mass is 19.1. The van der Waals surface area contributed by atoms with Crippen molar-refractivity contribution in [2.75, 3.05) is 0 Å². The van der Waals surface area contributed by atoms with Gasteiger partial charge in [-0.15, -0.1) is 0 Å². The smallest absolute Gasteiger partial charge is 0.145 e. The Morgan fingerprint density at radius 3 is 1.90 bits per heavy atom. The molecule has 0 heterocycles. The Labute approximate surface area is 186 Å². The lowest BCUT2D eigenvalue weighted by atomic mass is 9.75. The molecule has 0 N–H and O–H groups in total. The number of allylic oxidation sites excluding steroid dienone is 2. The van der Waals surface area contributed by atoms with E-state index < -0.39 is 17.2 Å². The maximum absolute atomic E-state index is 13.6. The minimum Gasteiger partial charge on any atom is -0.205 e. The van der Waals surface area contributed by atoms with E-state index in [1.54, 1.807) is 0 Å². The summed E-state index contributed by atoms with van der Waals surface area (Å²) in [5.74, 6) is 7.35. The van der Waals surface area contributed by atoms with E-state index in [0.717, 1.165) is 29.9 Å². The van der Waals surface area contributed by atoms with E-state index in [2.05, 4.69) is 24.8 Å². The third-order valence-corrected chi connectivity index (χ3v) is 7.36. The quantitative estimate of drug-likeness (QED) is 0.426. The molecule has 0 radical (unpaired) electrons. The summed E-state index contributed by atoms with van der Waals surface area (Å²) in [4.78, 5) is 0. The van der Waals surface area contributed by atoms with Crippen molar-refractivity contribution in [3.05, 3.63) is 47.0 Å².